The van der Waals surface area contributed by atoms with Crippen molar-refractivity contribution in [2.24, 2.45) is 0 Å². The zero-order valence-electron chi connectivity index (χ0n) is 16.2. The molecule has 0 unspecified atom stereocenters. The largest absolute Gasteiger partial charge is 0.337 e. The van der Waals surface area contributed by atoms with E-state index in [0.29, 0.717) is 0 Å². The second kappa shape index (κ2) is 8.51. The molecular weight excluding hydrogens is 388 g/mol. The fourth-order valence-corrected chi connectivity index (χ4v) is 4.87. The zero-order valence-corrected chi connectivity index (χ0v) is 17.9. The topological polar surface area (TPSA) is 49.3 Å². The predicted molar refractivity (Wildman–Crippen MR) is 115 cm³/mol. The smallest absolute Gasteiger partial charge is 0.253 e. The Labute approximate surface area is 173 Å². The number of benzene rings is 1. The molecule has 0 spiro atoms. The molecule has 3 aromatic rings. The van der Waals surface area contributed by atoms with Crippen LogP contribution in [-0.4, -0.2) is 51.9 Å². The first kappa shape index (κ1) is 19.2. The van der Waals surface area contributed by atoms with Crippen LogP contribution < -0.4 is 0 Å². The average Bonchev–Trinajstić information content (AvgIpc) is 3.24. The van der Waals surface area contributed by atoms with Crippen molar-refractivity contribution in [1.82, 2.24) is 19.8 Å². The van der Waals surface area contributed by atoms with Crippen LogP contribution in [0, 0.1) is 13.8 Å². The van der Waals surface area contributed by atoms with Gasteiger partial charge in [0.1, 0.15) is 5.01 Å². The van der Waals surface area contributed by atoms with Gasteiger partial charge in [-0.1, -0.05) is 12.1 Å². The highest BCUT2D eigenvalue weighted by Crippen LogP contribution is 2.24. The van der Waals surface area contributed by atoms with Crippen LogP contribution in [0.4, 0.5) is 0 Å². The summed E-state index contributed by atoms with van der Waals surface area (Å²) in [5.41, 5.74) is 3.98. The molecule has 28 heavy (non-hydrogen) atoms. The van der Waals surface area contributed by atoms with Gasteiger partial charge in [0.15, 0.2) is 0 Å². The summed E-state index contributed by atoms with van der Waals surface area (Å²) in [5, 5.41) is 6.29. The summed E-state index contributed by atoms with van der Waals surface area (Å²) in [6.45, 7) is 8.36. The summed E-state index contributed by atoms with van der Waals surface area (Å²) in [6.07, 6.45) is 0.991. The van der Waals surface area contributed by atoms with E-state index in [0.717, 1.165) is 71.7 Å². The Morgan fingerprint density at radius 3 is 2.50 bits per heavy atom. The molecule has 2 aromatic heterocycles. The Kier molecular flexibility index (Phi) is 5.85. The third-order valence-corrected chi connectivity index (χ3v) is 6.76. The number of aromatic nitrogens is 2. The van der Waals surface area contributed by atoms with E-state index in [4.69, 9.17) is 0 Å². The molecule has 0 saturated carbocycles. The molecule has 0 N–H and O–H groups in total. The summed E-state index contributed by atoms with van der Waals surface area (Å²) in [5.74, 6) is 0.119. The Bertz CT molecular complexity index is 947. The number of carbonyl (C=O) groups is 1. The molecule has 1 saturated heterocycles. The number of amides is 1. The van der Waals surface area contributed by atoms with Crippen molar-refractivity contribution in [2.45, 2.75) is 26.8 Å². The number of nitrogens with zero attached hydrogens (tertiary/aromatic N) is 4. The predicted octanol–water partition coefficient (Wildman–Crippen LogP) is 4.23. The van der Waals surface area contributed by atoms with E-state index in [1.165, 1.54) is 0 Å². The first-order chi connectivity index (χ1) is 13.6. The highest BCUT2D eigenvalue weighted by Gasteiger charge is 2.21. The first-order valence-corrected chi connectivity index (χ1v) is 11.3. The van der Waals surface area contributed by atoms with Gasteiger partial charge in [-0.3, -0.25) is 9.69 Å². The van der Waals surface area contributed by atoms with Crippen molar-refractivity contribution in [3.05, 3.63) is 57.0 Å². The van der Waals surface area contributed by atoms with Gasteiger partial charge in [0.2, 0.25) is 0 Å². The second-order valence-corrected chi connectivity index (χ2v) is 9.07. The highest BCUT2D eigenvalue weighted by atomic mass is 32.1. The molecule has 1 aliphatic heterocycles. The van der Waals surface area contributed by atoms with E-state index in [9.17, 15) is 4.79 Å². The van der Waals surface area contributed by atoms with Gasteiger partial charge in [-0.15, -0.1) is 22.7 Å². The van der Waals surface area contributed by atoms with Crippen molar-refractivity contribution < 1.29 is 4.79 Å². The first-order valence-electron chi connectivity index (χ1n) is 9.54. The molecule has 1 amide bonds. The second-order valence-electron chi connectivity index (χ2n) is 7.15. The van der Waals surface area contributed by atoms with Crippen LogP contribution in [0.15, 0.2) is 35.0 Å². The molecular formula is C21H24N4OS2. The average molecular weight is 413 g/mol. The van der Waals surface area contributed by atoms with Gasteiger partial charge in [-0.25, -0.2) is 9.97 Å². The standard InChI is InChI=1S/C21H24N4OS2/c1-15-13-28-20(22-15)17-4-6-18(7-5-17)21(26)25-9-3-8-24(10-11-25)12-19-14-27-16(2)23-19/h4-7,13-14H,3,8-12H2,1-2H3. The van der Waals surface area contributed by atoms with E-state index in [-0.39, 0.29) is 5.91 Å². The van der Waals surface area contributed by atoms with Crippen LogP contribution in [0.3, 0.4) is 0 Å². The van der Waals surface area contributed by atoms with Crippen LogP contribution in [0.2, 0.25) is 0 Å². The minimum Gasteiger partial charge on any atom is -0.337 e. The minimum atomic E-state index is 0.119. The number of carbonyl (C=O) groups excluding carboxylic acids is 1. The van der Waals surface area contributed by atoms with Crippen LogP contribution in [0.5, 0.6) is 0 Å². The number of hydrogen-bond donors (Lipinski definition) is 0. The fourth-order valence-electron chi connectivity index (χ4n) is 3.47. The molecule has 146 valence electrons. The lowest BCUT2D eigenvalue weighted by Gasteiger charge is -2.21. The van der Waals surface area contributed by atoms with Crippen molar-refractivity contribution in [1.29, 1.82) is 0 Å². The van der Waals surface area contributed by atoms with Gasteiger partial charge in [0.25, 0.3) is 5.91 Å². The molecule has 1 aliphatic rings. The lowest BCUT2D eigenvalue weighted by atomic mass is 10.1. The van der Waals surface area contributed by atoms with Crippen LogP contribution >= 0.6 is 22.7 Å². The number of aryl methyl sites for hydroxylation is 2. The molecule has 1 fully saturated rings. The van der Waals surface area contributed by atoms with E-state index in [2.05, 4.69) is 20.2 Å². The van der Waals surface area contributed by atoms with E-state index < -0.39 is 0 Å². The van der Waals surface area contributed by atoms with Crippen LogP contribution in [-0.2, 0) is 6.54 Å². The molecule has 7 heteroatoms. The van der Waals surface area contributed by atoms with Gasteiger partial charge in [0, 0.05) is 60.3 Å². The summed E-state index contributed by atoms with van der Waals surface area (Å²) < 4.78 is 0. The molecule has 4 rings (SSSR count). The Morgan fingerprint density at radius 1 is 1.00 bits per heavy atom. The van der Waals surface area contributed by atoms with Crippen LogP contribution in [0.1, 0.15) is 33.2 Å². The summed E-state index contributed by atoms with van der Waals surface area (Å²) in [7, 11) is 0. The fraction of sp³-hybridized carbons (Fsp3) is 0.381. The van der Waals surface area contributed by atoms with Crippen molar-refractivity contribution in [3.8, 4) is 10.6 Å². The van der Waals surface area contributed by atoms with Gasteiger partial charge in [-0.05, 0) is 32.4 Å². The lowest BCUT2D eigenvalue weighted by molar-refractivity contribution is 0.0761. The van der Waals surface area contributed by atoms with Gasteiger partial charge in [0.05, 0.1) is 10.7 Å². The lowest BCUT2D eigenvalue weighted by Crippen LogP contribution is -2.35. The third-order valence-electron chi connectivity index (χ3n) is 4.93. The molecule has 3 heterocycles. The SMILES string of the molecule is Cc1csc(-c2ccc(C(=O)N3CCCN(Cc4csc(C)n4)CC3)cc2)n1. The Balaban J connectivity index is 1.38. The van der Waals surface area contributed by atoms with Gasteiger partial charge in [-0.2, -0.15) is 0 Å². The monoisotopic (exact) mass is 412 g/mol. The third kappa shape index (κ3) is 4.48. The zero-order chi connectivity index (χ0) is 19.5. The summed E-state index contributed by atoms with van der Waals surface area (Å²) in [6, 6.07) is 7.85. The number of thiazole rings is 2. The number of rotatable bonds is 4. The maximum Gasteiger partial charge on any atom is 0.253 e. The van der Waals surface area contributed by atoms with Crippen molar-refractivity contribution in [2.75, 3.05) is 26.2 Å². The van der Waals surface area contributed by atoms with E-state index in [1.54, 1.807) is 22.7 Å². The Morgan fingerprint density at radius 2 is 1.82 bits per heavy atom. The summed E-state index contributed by atoms with van der Waals surface area (Å²) in [4.78, 5) is 26.4. The van der Waals surface area contributed by atoms with Gasteiger partial charge >= 0.3 is 0 Å². The number of hydrogen-bond acceptors (Lipinski definition) is 6. The normalized spacial score (nSPS) is 15.6. The van der Waals surface area contributed by atoms with Crippen molar-refractivity contribution >= 4 is 28.6 Å². The van der Waals surface area contributed by atoms with Crippen molar-refractivity contribution in [3.63, 3.8) is 0 Å². The van der Waals surface area contributed by atoms with Crippen LogP contribution in [0.25, 0.3) is 10.6 Å². The Hall–Kier alpha value is -2.09. The summed E-state index contributed by atoms with van der Waals surface area (Å²) >= 11 is 3.33. The molecule has 0 bridgehead atoms. The maximum atomic E-state index is 13.0. The molecule has 1 aromatic carbocycles. The van der Waals surface area contributed by atoms with E-state index in [1.807, 2.05) is 48.4 Å². The molecule has 0 aliphatic carbocycles. The molecule has 0 radical (unpaired) electrons. The van der Waals surface area contributed by atoms with E-state index >= 15 is 0 Å². The quantitative estimate of drug-likeness (QED) is 0.643. The molecule has 0 atom stereocenters. The maximum absolute atomic E-state index is 13.0. The van der Waals surface area contributed by atoms with Gasteiger partial charge < -0.3 is 4.90 Å². The minimum absolute atomic E-state index is 0.119. The highest BCUT2D eigenvalue weighted by molar-refractivity contribution is 7.13. The molecule has 5 nitrogen and oxygen atoms in total.